The molecule has 1 N–H and O–H groups in total. The molecule has 1 unspecified atom stereocenters. The zero-order chi connectivity index (χ0) is 12.8. The molecule has 0 bridgehead atoms. The van der Waals surface area contributed by atoms with Crippen molar-refractivity contribution in [3.05, 3.63) is 0 Å². The fraction of sp³-hybridized carbons (Fsp3) is 0.923. The molecule has 0 aromatic heterocycles. The molecule has 1 rings (SSSR count). The summed E-state index contributed by atoms with van der Waals surface area (Å²) in [6.07, 6.45) is 2.49. The van der Waals surface area contributed by atoms with E-state index >= 15 is 0 Å². The molecule has 1 heterocycles. The largest absolute Gasteiger partial charge is 0.358 e. The molecule has 0 aliphatic carbocycles. The highest BCUT2D eigenvalue weighted by Crippen LogP contribution is 2.12. The predicted octanol–water partition coefficient (Wildman–Crippen LogP) is 1.33. The Morgan fingerprint density at radius 3 is 2.24 bits per heavy atom. The van der Waals surface area contributed by atoms with Crippen molar-refractivity contribution >= 4 is 5.84 Å². The maximum atomic E-state index is 7.64. The minimum absolute atomic E-state index is 0.714. The second kappa shape index (κ2) is 6.97. The van der Waals surface area contributed by atoms with Gasteiger partial charge in [0.2, 0.25) is 0 Å². The third-order valence-electron chi connectivity index (χ3n) is 3.69. The average molecular weight is 240 g/mol. The molecule has 0 amide bonds. The molecule has 100 valence electrons. The van der Waals surface area contributed by atoms with Crippen molar-refractivity contribution in [3.8, 4) is 0 Å². The molecule has 0 radical (unpaired) electrons. The minimum Gasteiger partial charge on any atom is -0.358 e. The summed E-state index contributed by atoms with van der Waals surface area (Å²) in [5.74, 6) is 0.714. The van der Waals surface area contributed by atoms with E-state index in [0.29, 0.717) is 11.9 Å². The highest BCUT2D eigenvalue weighted by atomic mass is 15.3. The van der Waals surface area contributed by atoms with Crippen molar-refractivity contribution in [1.82, 2.24) is 14.7 Å². The molecule has 0 aromatic carbocycles. The lowest BCUT2D eigenvalue weighted by molar-refractivity contribution is 0.117. The SMILES string of the molecule is CCC(CCN(C)C)N1CCN(C(C)=N)CC1. The van der Waals surface area contributed by atoms with Crippen LogP contribution in [0.1, 0.15) is 26.7 Å². The number of nitrogens with one attached hydrogen (secondary N) is 1. The average Bonchev–Trinajstić information content (AvgIpc) is 2.30. The Kier molecular flexibility index (Phi) is 5.92. The third kappa shape index (κ3) is 4.64. The van der Waals surface area contributed by atoms with Gasteiger partial charge in [0.15, 0.2) is 0 Å². The molecule has 1 atom stereocenters. The van der Waals surface area contributed by atoms with Crippen molar-refractivity contribution in [3.63, 3.8) is 0 Å². The molecule has 4 heteroatoms. The first-order valence-electron chi connectivity index (χ1n) is 6.73. The van der Waals surface area contributed by atoms with Gasteiger partial charge >= 0.3 is 0 Å². The van der Waals surface area contributed by atoms with E-state index in [9.17, 15) is 0 Å². The van der Waals surface area contributed by atoms with Crippen LogP contribution in [0.3, 0.4) is 0 Å². The van der Waals surface area contributed by atoms with Crippen molar-refractivity contribution in [2.75, 3.05) is 46.8 Å². The molecule has 0 aromatic rings. The first-order valence-corrected chi connectivity index (χ1v) is 6.73. The van der Waals surface area contributed by atoms with Gasteiger partial charge in [-0.15, -0.1) is 0 Å². The van der Waals surface area contributed by atoms with E-state index in [1.165, 1.54) is 19.4 Å². The van der Waals surface area contributed by atoms with Crippen LogP contribution in [-0.2, 0) is 0 Å². The van der Waals surface area contributed by atoms with Crippen LogP contribution in [0.2, 0.25) is 0 Å². The third-order valence-corrected chi connectivity index (χ3v) is 3.69. The number of amidine groups is 1. The van der Waals surface area contributed by atoms with E-state index in [1.807, 2.05) is 6.92 Å². The van der Waals surface area contributed by atoms with Gasteiger partial charge in [-0.1, -0.05) is 6.92 Å². The molecule has 17 heavy (non-hydrogen) atoms. The van der Waals surface area contributed by atoms with Gasteiger partial charge < -0.3 is 9.80 Å². The summed E-state index contributed by atoms with van der Waals surface area (Å²) in [6, 6.07) is 0.714. The first kappa shape index (κ1) is 14.5. The molecule has 1 fully saturated rings. The topological polar surface area (TPSA) is 33.6 Å². The Morgan fingerprint density at radius 2 is 1.82 bits per heavy atom. The maximum Gasteiger partial charge on any atom is 0.0926 e. The fourth-order valence-corrected chi connectivity index (χ4v) is 2.47. The lowest BCUT2D eigenvalue weighted by Crippen LogP contribution is -2.51. The summed E-state index contributed by atoms with van der Waals surface area (Å²) in [4.78, 5) is 7.04. The number of piperazine rings is 1. The lowest BCUT2D eigenvalue weighted by atomic mass is 10.1. The van der Waals surface area contributed by atoms with Gasteiger partial charge in [-0.25, -0.2) is 0 Å². The number of nitrogens with zero attached hydrogens (tertiary/aromatic N) is 3. The van der Waals surface area contributed by atoms with Crippen LogP contribution in [-0.4, -0.2) is 73.4 Å². The van der Waals surface area contributed by atoms with Gasteiger partial charge in [0.05, 0.1) is 5.84 Å². The molecule has 0 saturated carbocycles. The summed E-state index contributed by atoms with van der Waals surface area (Å²) >= 11 is 0. The summed E-state index contributed by atoms with van der Waals surface area (Å²) in [5.41, 5.74) is 0. The van der Waals surface area contributed by atoms with E-state index < -0.39 is 0 Å². The van der Waals surface area contributed by atoms with Gasteiger partial charge in [0.1, 0.15) is 0 Å². The van der Waals surface area contributed by atoms with Gasteiger partial charge in [-0.3, -0.25) is 10.3 Å². The van der Waals surface area contributed by atoms with Crippen LogP contribution in [0.15, 0.2) is 0 Å². The standard InChI is InChI=1S/C13H28N4/c1-5-13(6-7-15(3)4)17-10-8-16(9-11-17)12(2)14/h13-14H,5-11H2,1-4H3. The quantitative estimate of drug-likeness (QED) is 0.581. The van der Waals surface area contributed by atoms with E-state index in [0.717, 1.165) is 26.2 Å². The zero-order valence-corrected chi connectivity index (χ0v) is 11.9. The Balaban J connectivity index is 2.36. The summed E-state index contributed by atoms with van der Waals surface area (Å²) in [6.45, 7) is 9.61. The minimum atomic E-state index is 0.714. The number of rotatable bonds is 5. The Labute approximate surface area is 106 Å². The van der Waals surface area contributed by atoms with Crippen molar-refractivity contribution in [1.29, 1.82) is 5.41 Å². The van der Waals surface area contributed by atoms with Crippen LogP contribution < -0.4 is 0 Å². The van der Waals surface area contributed by atoms with Crippen LogP contribution >= 0.6 is 0 Å². The van der Waals surface area contributed by atoms with Crippen LogP contribution in [0.4, 0.5) is 0 Å². The van der Waals surface area contributed by atoms with Crippen LogP contribution in [0.25, 0.3) is 0 Å². The van der Waals surface area contributed by atoms with Crippen LogP contribution in [0, 0.1) is 5.41 Å². The second-order valence-electron chi connectivity index (χ2n) is 5.26. The van der Waals surface area contributed by atoms with Gasteiger partial charge in [0.25, 0.3) is 0 Å². The normalized spacial score (nSPS) is 19.7. The highest BCUT2D eigenvalue weighted by Gasteiger charge is 2.22. The fourth-order valence-electron chi connectivity index (χ4n) is 2.47. The monoisotopic (exact) mass is 240 g/mol. The Hall–Kier alpha value is -0.610. The molecule has 0 spiro atoms. The van der Waals surface area contributed by atoms with Crippen molar-refractivity contribution in [2.24, 2.45) is 0 Å². The van der Waals surface area contributed by atoms with E-state index in [-0.39, 0.29) is 0 Å². The van der Waals surface area contributed by atoms with Gasteiger partial charge in [-0.2, -0.15) is 0 Å². The van der Waals surface area contributed by atoms with Crippen molar-refractivity contribution < 1.29 is 0 Å². The van der Waals surface area contributed by atoms with Crippen LogP contribution in [0.5, 0.6) is 0 Å². The molecule has 1 saturated heterocycles. The molecule has 1 aliphatic heterocycles. The second-order valence-corrected chi connectivity index (χ2v) is 5.26. The van der Waals surface area contributed by atoms with E-state index in [2.05, 4.69) is 35.7 Å². The number of hydrogen-bond acceptors (Lipinski definition) is 3. The molecular formula is C13H28N4. The van der Waals surface area contributed by atoms with E-state index in [4.69, 9.17) is 5.41 Å². The first-order chi connectivity index (χ1) is 8.04. The predicted molar refractivity (Wildman–Crippen MR) is 73.8 cm³/mol. The molecule has 1 aliphatic rings. The van der Waals surface area contributed by atoms with Crippen molar-refractivity contribution in [2.45, 2.75) is 32.7 Å². The highest BCUT2D eigenvalue weighted by molar-refractivity contribution is 5.76. The van der Waals surface area contributed by atoms with Gasteiger partial charge in [-0.05, 0) is 40.4 Å². The molecule has 4 nitrogen and oxygen atoms in total. The smallest absolute Gasteiger partial charge is 0.0926 e. The summed E-state index contributed by atoms with van der Waals surface area (Å²) in [7, 11) is 4.28. The summed E-state index contributed by atoms with van der Waals surface area (Å²) < 4.78 is 0. The number of hydrogen-bond donors (Lipinski definition) is 1. The Bertz CT molecular complexity index is 232. The maximum absolute atomic E-state index is 7.64. The van der Waals surface area contributed by atoms with E-state index in [1.54, 1.807) is 0 Å². The lowest BCUT2D eigenvalue weighted by Gasteiger charge is -2.40. The summed E-state index contributed by atoms with van der Waals surface area (Å²) in [5, 5.41) is 7.64. The van der Waals surface area contributed by atoms with Gasteiger partial charge in [0, 0.05) is 32.2 Å². The zero-order valence-electron chi connectivity index (χ0n) is 11.9. The molecular weight excluding hydrogens is 212 g/mol. The Morgan fingerprint density at radius 1 is 1.24 bits per heavy atom.